The molecule has 0 radical (unpaired) electrons. The van der Waals surface area contributed by atoms with Gasteiger partial charge in [0, 0.05) is 11.5 Å². The predicted octanol–water partition coefficient (Wildman–Crippen LogP) is 3.42. The topological polar surface area (TPSA) is 66.9 Å². The molecule has 22 heavy (non-hydrogen) atoms. The zero-order chi connectivity index (χ0) is 16.7. The molecule has 118 valence electrons. The number of aromatic amines is 1. The summed E-state index contributed by atoms with van der Waals surface area (Å²) in [6, 6.07) is 5.09. The summed E-state index contributed by atoms with van der Waals surface area (Å²) in [5, 5.41) is 6.08. The maximum absolute atomic E-state index is 12.2. The van der Waals surface area contributed by atoms with E-state index in [1.165, 1.54) is 10.7 Å². The average Bonchev–Trinajstić information content (AvgIpc) is 2.67. The summed E-state index contributed by atoms with van der Waals surface area (Å²) < 4.78 is 1.34. The van der Waals surface area contributed by atoms with Gasteiger partial charge in [-0.3, -0.25) is 14.7 Å². The van der Waals surface area contributed by atoms with Gasteiger partial charge in [-0.05, 0) is 31.0 Å². The van der Waals surface area contributed by atoms with Crippen molar-refractivity contribution in [2.75, 3.05) is 5.32 Å². The number of amides is 1. The van der Waals surface area contributed by atoms with Gasteiger partial charge in [-0.15, -0.1) is 0 Å². The Bertz CT molecular complexity index is 758. The van der Waals surface area contributed by atoms with Crippen LogP contribution in [-0.4, -0.2) is 15.7 Å². The van der Waals surface area contributed by atoms with Gasteiger partial charge in [-0.2, -0.15) is 0 Å². The van der Waals surface area contributed by atoms with Crippen molar-refractivity contribution >= 4 is 23.3 Å². The van der Waals surface area contributed by atoms with Gasteiger partial charge in [-0.1, -0.05) is 38.4 Å². The molecule has 0 atom stereocenters. The van der Waals surface area contributed by atoms with Crippen LogP contribution in [0.15, 0.2) is 23.0 Å². The Morgan fingerprint density at radius 3 is 2.41 bits per heavy atom. The summed E-state index contributed by atoms with van der Waals surface area (Å²) in [5.74, 6) is 0.175. The van der Waals surface area contributed by atoms with Crippen molar-refractivity contribution in [3.8, 4) is 5.69 Å². The molecule has 0 bridgehead atoms. The number of aromatic nitrogens is 2. The van der Waals surface area contributed by atoms with Gasteiger partial charge in [0.1, 0.15) is 5.82 Å². The molecule has 2 rings (SSSR count). The highest BCUT2D eigenvalue weighted by Crippen LogP contribution is 2.25. The van der Waals surface area contributed by atoms with E-state index in [-0.39, 0.29) is 11.5 Å². The van der Waals surface area contributed by atoms with Crippen LogP contribution in [0.4, 0.5) is 5.82 Å². The van der Waals surface area contributed by atoms with E-state index in [1.807, 2.05) is 19.9 Å². The number of carbonyl (C=O) groups is 1. The van der Waals surface area contributed by atoms with Crippen LogP contribution < -0.4 is 10.9 Å². The first kappa shape index (κ1) is 16.4. The largest absolute Gasteiger partial charge is 0.311 e. The molecule has 0 aliphatic carbocycles. The van der Waals surface area contributed by atoms with E-state index in [9.17, 15) is 9.59 Å². The number of hydrogen-bond donors (Lipinski definition) is 2. The number of aryl methyl sites for hydroxylation is 2. The Morgan fingerprint density at radius 2 is 1.86 bits per heavy atom. The van der Waals surface area contributed by atoms with Crippen molar-refractivity contribution in [3.05, 3.63) is 44.7 Å². The first-order chi connectivity index (χ1) is 10.1. The third kappa shape index (κ3) is 3.25. The van der Waals surface area contributed by atoms with Crippen LogP contribution in [0.5, 0.6) is 0 Å². The molecule has 1 amide bonds. The maximum Gasteiger partial charge on any atom is 0.273 e. The monoisotopic (exact) mass is 321 g/mol. The van der Waals surface area contributed by atoms with Gasteiger partial charge in [-0.25, -0.2) is 4.68 Å². The molecule has 5 nitrogen and oxygen atoms in total. The number of rotatable bonds is 2. The zero-order valence-corrected chi connectivity index (χ0v) is 14.1. The molecule has 1 aromatic carbocycles. The Labute approximate surface area is 134 Å². The number of anilines is 1. The zero-order valence-electron chi connectivity index (χ0n) is 13.4. The molecule has 0 spiro atoms. The molecule has 0 aliphatic rings. The molecular formula is C16H20ClN3O2. The second-order valence-electron chi connectivity index (χ2n) is 6.46. The minimum absolute atomic E-state index is 0.173. The summed E-state index contributed by atoms with van der Waals surface area (Å²) >= 11 is 6.26. The Hall–Kier alpha value is -2.01. The van der Waals surface area contributed by atoms with Crippen LogP contribution in [0, 0.1) is 19.3 Å². The third-order valence-electron chi connectivity index (χ3n) is 3.27. The molecule has 6 heteroatoms. The van der Waals surface area contributed by atoms with E-state index in [1.54, 1.807) is 26.8 Å². The van der Waals surface area contributed by atoms with E-state index >= 15 is 0 Å². The van der Waals surface area contributed by atoms with Crippen molar-refractivity contribution in [3.63, 3.8) is 0 Å². The first-order valence-electron chi connectivity index (χ1n) is 7.00. The SMILES string of the molecule is Cc1cc(C)c(-n2[nH]c(NC(=O)C(C)(C)C)cc2=O)c(Cl)c1. The van der Waals surface area contributed by atoms with E-state index in [2.05, 4.69) is 10.4 Å². The minimum Gasteiger partial charge on any atom is -0.311 e. The predicted molar refractivity (Wildman–Crippen MR) is 89.0 cm³/mol. The summed E-state index contributed by atoms with van der Waals surface area (Å²) in [7, 11) is 0. The fourth-order valence-electron chi connectivity index (χ4n) is 2.13. The maximum atomic E-state index is 12.2. The van der Waals surface area contributed by atoms with Gasteiger partial charge in [0.25, 0.3) is 5.56 Å². The molecule has 0 fully saturated rings. The van der Waals surface area contributed by atoms with E-state index in [0.29, 0.717) is 16.5 Å². The molecule has 0 saturated carbocycles. The van der Waals surface area contributed by atoms with E-state index in [4.69, 9.17) is 11.6 Å². The number of carbonyl (C=O) groups excluding carboxylic acids is 1. The second-order valence-corrected chi connectivity index (χ2v) is 6.87. The summed E-state index contributed by atoms with van der Waals surface area (Å²) in [4.78, 5) is 24.2. The molecular weight excluding hydrogens is 302 g/mol. The lowest BCUT2D eigenvalue weighted by Crippen LogP contribution is -2.27. The summed E-state index contributed by atoms with van der Waals surface area (Å²) in [6.07, 6.45) is 0. The number of halogens is 1. The lowest BCUT2D eigenvalue weighted by Gasteiger charge is -2.16. The lowest BCUT2D eigenvalue weighted by atomic mass is 9.96. The van der Waals surface area contributed by atoms with Crippen molar-refractivity contribution in [2.24, 2.45) is 5.41 Å². The number of H-pyrrole nitrogens is 1. The lowest BCUT2D eigenvalue weighted by molar-refractivity contribution is -0.123. The quantitative estimate of drug-likeness (QED) is 0.890. The van der Waals surface area contributed by atoms with Crippen LogP contribution in [0.25, 0.3) is 5.69 Å². The molecule has 2 aromatic rings. The Morgan fingerprint density at radius 1 is 1.23 bits per heavy atom. The summed E-state index contributed by atoms with van der Waals surface area (Å²) in [6.45, 7) is 9.24. The van der Waals surface area contributed by atoms with Crippen molar-refractivity contribution in [1.82, 2.24) is 9.78 Å². The van der Waals surface area contributed by atoms with Crippen molar-refractivity contribution in [1.29, 1.82) is 0 Å². The normalized spacial score (nSPS) is 11.5. The molecule has 2 N–H and O–H groups in total. The average molecular weight is 322 g/mol. The highest BCUT2D eigenvalue weighted by molar-refractivity contribution is 6.32. The standard InChI is InChI=1S/C16H20ClN3O2/c1-9-6-10(2)14(11(17)7-9)20-13(21)8-12(19-20)18-15(22)16(3,4)5/h6-8,19H,1-5H3,(H,18,22). The van der Waals surface area contributed by atoms with Crippen molar-refractivity contribution in [2.45, 2.75) is 34.6 Å². The van der Waals surface area contributed by atoms with Gasteiger partial charge in [0.2, 0.25) is 5.91 Å². The van der Waals surface area contributed by atoms with Gasteiger partial charge in [0.15, 0.2) is 0 Å². The molecule has 1 heterocycles. The number of hydrogen-bond acceptors (Lipinski definition) is 2. The first-order valence-corrected chi connectivity index (χ1v) is 7.38. The molecule has 1 aromatic heterocycles. The smallest absolute Gasteiger partial charge is 0.273 e. The van der Waals surface area contributed by atoms with E-state index < -0.39 is 5.41 Å². The van der Waals surface area contributed by atoms with Gasteiger partial charge < -0.3 is 5.32 Å². The van der Waals surface area contributed by atoms with Crippen LogP contribution in [0.2, 0.25) is 5.02 Å². The van der Waals surface area contributed by atoms with Crippen LogP contribution in [0.3, 0.4) is 0 Å². The third-order valence-corrected chi connectivity index (χ3v) is 3.56. The fourth-order valence-corrected chi connectivity index (χ4v) is 2.53. The van der Waals surface area contributed by atoms with Gasteiger partial charge in [0.05, 0.1) is 10.7 Å². The molecule has 0 saturated heterocycles. The second kappa shape index (κ2) is 5.65. The van der Waals surface area contributed by atoms with Gasteiger partial charge >= 0.3 is 0 Å². The number of nitrogens with zero attached hydrogens (tertiary/aromatic N) is 1. The van der Waals surface area contributed by atoms with Crippen LogP contribution in [-0.2, 0) is 4.79 Å². The van der Waals surface area contributed by atoms with E-state index in [0.717, 1.165) is 11.1 Å². The van der Waals surface area contributed by atoms with Crippen LogP contribution in [0.1, 0.15) is 31.9 Å². The van der Waals surface area contributed by atoms with Crippen LogP contribution >= 0.6 is 11.6 Å². The van der Waals surface area contributed by atoms with Crippen molar-refractivity contribution < 1.29 is 4.79 Å². The minimum atomic E-state index is -0.545. The Balaban J connectivity index is 2.44. The molecule has 0 aliphatic heterocycles. The molecule has 0 unspecified atom stereocenters. The number of benzene rings is 1. The summed E-state index contributed by atoms with van der Waals surface area (Å²) in [5.41, 5.74) is 1.66. The highest BCUT2D eigenvalue weighted by atomic mass is 35.5. The Kier molecular flexibility index (Phi) is 4.20. The highest BCUT2D eigenvalue weighted by Gasteiger charge is 2.22. The fraction of sp³-hybridized carbons (Fsp3) is 0.375. The number of nitrogens with one attached hydrogen (secondary N) is 2.